The molecule has 0 bridgehead atoms. The average Bonchev–Trinajstić information content (AvgIpc) is 3.30. The molecule has 3 heterocycles. The SMILES string of the molecule is Cc1cccc(N[C@H]2CO[C@@]3(CCN(C(=O)c4ccsc4)C3)C2)c1. The summed E-state index contributed by atoms with van der Waals surface area (Å²) in [5.74, 6) is 0.131. The topological polar surface area (TPSA) is 41.6 Å². The first-order valence-corrected chi connectivity index (χ1v) is 9.37. The van der Waals surface area contributed by atoms with Gasteiger partial charge in [0.15, 0.2) is 0 Å². The van der Waals surface area contributed by atoms with E-state index in [0.717, 1.165) is 30.6 Å². The number of carbonyl (C=O) groups is 1. The Morgan fingerprint density at radius 3 is 3.12 bits per heavy atom. The first-order valence-electron chi connectivity index (χ1n) is 8.42. The first-order chi connectivity index (χ1) is 11.6. The van der Waals surface area contributed by atoms with Crippen molar-refractivity contribution in [3.8, 4) is 0 Å². The lowest BCUT2D eigenvalue weighted by molar-refractivity contribution is 0.0125. The molecule has 1 spiro atoms. The lowest BCUT2D eigenvalue weighted by atomic mass is 9.97. The fraction of sp³-hybridized carbons (Fsp3) is 0.421. The largest absolute Gasteiger partial charge is 0.380 e. The average molecular weight is 342 g/mol. The maximum Gasteiger partial charge on any atom is 0.254 e. The van der Waals surface area contributed by atoms with Gasteiger partial charge in [0.1, 0.15) is 0 Å². The molecule has 5 heteroatoms. The quantitative estimate of drug-likeness (QED) is 0.927. The number of nitrogens with one attached hydrogen (secondary N) is 1. The highest BCUT2D eigenvalue weighted by Crippen LogP contribution is 2.36. The third-order valence-electron chi connectivity index (χ3n) is 4.97. The van der Waals surface area contributed by atoms with Crippen LogP contribution in [0.25, 0.3) is 0 Å². The van der Waals surface area contributed by atoms with Crippen LogP contribution >= 0.6 is 11.3 Å². The van der Waals surface area contributed by atoms with Gasteiger partial charge in [0.25, 0.3) is 5.91 Å². The number of nitrogens with zero attached hydrogens (tertiary/aromatic N) is 1. The van der Waals surface area contributed by atoms with Crippen LogP contribution in [-0.4, -0.2) is 42.1 Å². The van der Waals surface area contributed by atoms with E-state index in [0.29, 0.717) is 19.2 Å². The van der Waals surface area contributed by atoms with Crippen LogP contribution in [0.2, 0.25) is 0 Å². The number of carbonyl (C=O) groups excluding carboxylic acids is 1. The van der Waals surface area contributed by atoms with Crippen molar-refractivity contribution in [3.05, 3.63) is 52.2 Å². The minimum Gasteiger partial charge on any atom is -0.380 e. The van der Waals surface area contributed by atoms with E-state index in [2.05, 4.69) is 36.5 Å². The molecule has 1 N–H and O–H groups in total. The van der Waals surface area contributed by atoms with Crippen LogP contribution in [-0.2, 0) is 4.74 Å². The predicted octanol–water partition coefficient (Wildman–Crippen LogP) is 3.54. The molecule has 0 radical (unpaired) electrons. The smallest absolute Gasteiger partial charge is 0.254 e. The Balaban J connectivity index is 1.39. The van der Waals surface area contributed by atoms with Gasteiger partial charge in [-0.15, -0.1) is 0 Å². The number of anilines is 1. The Morgan fingerprint density at radius 1 is 1.42 bits per heavy atom. The van der Waals surface area contributed by atoms with Gasteiger partial charge in [0.05, 0.1) is 30.4 Å². The van der Waals surface area contributed by atoms with Gasteiger partial charge >= 0.3 is 0 Å². The highest BCUT2D eigenvalue weighted by molar-refractivity contribution is 7.08. The molecule has 0 saturated carbocycles. The zero-order chi connectivity index (χ0) is 16.6. The number of hydrogen-bond acceptors (Lipinski definition) is 4. The molecular formula is C19H22N2O2S. The highest BCUT2D eigenvalue weighted by Gasteiger charge is 2.46. The number of hydrogen-bond donors (Lipinski definition) is 1. The van der Waals surface area contributed by atoms with Gasteiger partial charge in [-0.3, -0.25) is 4.79 Å². The van der Waals surface area contributed by atoms with Gasteiger partial charge in [0, 0.05) is 24.0 Å². The summed E-state index contributed by atoms with van der Waals surface area (Å²) in [6.07, 6.45) is 1.88. The summed E-state index contributed by atoms with van der Waals surface area (Å²) in [7, 11) is 0. The third-order valence-corrected chi connectivity index (χ3v) is 5.65. The molecule has 24 heavy (non-hydrogen) atoms. The van der Waals surface area contributed by atoms with Gasteiger partial charge in [-0.1, -0.05) is 12.1 Å². The monoisotopic (exact) mass is 342 g/mol. The van der Waals surface area contributed by atoms with E-state index in [9.17, 15) is 4.79 Å². The second-order valence-electron chi connectivity index (χ2n) is 6.90. The molecule has 1 aromatic heterocycles. The molecule has 126 valence electrons. The Labute approximate surface area is 146 Å². The second kappa shape index (κ2) is 6.22. The van der Waals surface area contributed by atoms with E-state index in [1.807, 2.05) is 21.7 Å². The van der Waals surface area contributed by atoms with Gasteiger partial charge in [0.2, 0.25) is 0 Å². The summed E-state index contributed by atoms with van der Waals surface area (Å²) in [6, 6.07) is 10.6. The van der Waals surface area contributed by atoms with Crippen LogP contribution in [0.5, 0.6) is 0 Å². The van der Waals surface area contributed by atoms with Crippen LogP contribution in [0.1, 0.15) is 28.8 Å². The van der Waals surface area contributed by atoms with Crippen LogP contribution in [0.3, 0.4) is 0 Å². The van der Waals surface area contributed by atoms with Gasteiger partial charge in [-0.05, 0) is 42.5 Å². The molecule has 2 aliphatic rings. The van der Waals surface area contributed by atoms with Crippen molar-refractivity contribution in [3.63, 3.8) is 0 Å². The number of amides is 1. The van der Waals surface area contributed by atoms with Crippen molar-refractivity contribution in [1.29, 1.82) is 0 Å². The molecule has 2 aliphatic heterocycles. The highest BCUT2D eigenvalue weighted by atomic mass is 32.1. The van der Waals surface area contributed by atoms with E-state index in [4.69, 9.17) is 4.74 Å². The molecule has 0 aliphatic carbocycles. The van der Waals surface area contributed by atoms with Gasteiger partial charge in [-0.25, -0.2) is 0 Å². The van der Waals surface area contributed by atoms with Crippen molar-refractivity contribution in [1.82, 2.24) is 4.90 Å². The van der Waals surface area contributed by atoms with Crippen molar-refractivity contribution >= 4 is 22.9 Å². The van der Waals surface area contributed by atoms with Crippen LogP contribution in [0.4, 0.5) is 5.69 Å². The van der Waals surface area contributed by atoms with Crippen molar-refractivity contribution in [2.45, 2.75) is 31.4 Å². The van der Waals surface area contributed by atoms with Crippen molar-refractivity contribution < 1.29 is 9.53 Å². The van der Waals surface area contributed by atoms with E-state index < -0.39 is 0 Å². The minimum absolute atomic E-state index is 0.131. The number of thiophene rings is 1. The zero-order valence-electron chi connectivity index (χ0n) is 13.8. The number of likely N-dealkylation sites (tertiary alicyclic amines) is 1. The molecule has 1 aromatic carbocycles. The Bertz CT molecular complexity index is 731. The predicted molar refractivity (Wildman–Crippen MR) is 96.7 cm³/mol. The van der Waals surface area contributed by atoms with E-state index >= 15 is 0 Å². The Hall–Kier alpha value is -1.85. The van der Waals surface area contributed by atoms with Crippen LogP contribution in [0, 0.1) is 6.92 Å². The minimum atomic E-state index is -0.173. The number of aryl methyl sites for hydroxylation is 1. The second-order valence-corrected chi connectivity index (χ2v) is 7.68. The summed E-state index contributed by atoms with van der Waals surface area (Å²) in [5.41, 5.74) is 3.02. The molecule has 4 nitrogen and oxygen atoms in total. The summed E-state index contributed by atoms with van der Waals surface area (Å²) in [4.78, 5) is 14.5. The zero-order valence-corrected chi connectivity index (χ0v) is 14.6. The number of ether oxygens (including phenoxy) is 1. The maximum absolute atomic E-state index is 12.5. The fourth-order valence-electron chi connectivity index (χ4n) is 3.78. The number of benzene rings is 1. The maximum atomic E-state index is 12.5. The lowest BCUT2D eigenvalue weighted by Crippen LogP contribution is -2.36. The third kappa shape index (κ3) is 3.06. The first kappa shape index (κ1) is 15.7. The molecule has 0 unspecified atom stereocenters. The Morgan fingerprint density at radius 2 is 2.33 bits per heavy atom. The van der Waals surface area contributed by atoms with E-state index in [-0.39, 0.29) is 11.5 Å². The molecule has 1 amide bonds. The molecule has 2 saturated heterocycles. The van der Waals surface area contributed by atoms with Crippen molar-refractivity contribution in [2.24, 2.45) is 0 Å². The summed E-state index contributed by atoms with van der Waals surface area (Å²) in [5, 5.41) is 7.45. The molecule has 2 aromatic rings. The van der Waals surface area contributed by atoms with Crippen LogP contribution in [0.15, 0.2) is 41.1 Å². The Kier molecular flexibility index (Phi) is 4.06. The molecule has 2 atom stereocenters. The number of rotatable bonds is 3. The molecule has 4 rings (SSSR count). The molecular weight excluding hydrogens is 320 g/mol. The van der Waals surface area contributed by atoms with Crippen molar-refractivity contribution in [2.75, 3.05) is 25.0 Å². The van der Waals surface area contributed by atoms with Crippen LogP contribution < -0.4 is 5.32 Å². The summed E-state index contributed by atoms with van der Waals surface area (Å²) < 4.78 is 6.16. The van der Waals surface area contributed by atoms with Gasteiger partial charge in [-0.2, -0.15) is 11.3 Å². The summed E-state index contributed by atoms with van der Waals surface area (Å²) in [6.45, 7) is 4.29. The van der Waals surface area contributed by atoms with E-state index in [1.54, 1.807) is 11.3 Å². The normalized spacial score (nSPS) is 26.2. The fourth-order valence-corrected chi connectivity index (χ4v) is 4.41. The molecule has 2 fully saturated rings. The standard InChI is InChI=1S/C19H22N2O2S/c1-14-3-2-4-16(9-14)20-17-10-19(23-11-17)6-7-21(13-19)18(22)15-5-8-24-12-15/h2-5,8-9,12,17,20H,6-7,10-11,13H2,1H3/t17-,19+/m1/s1. The lowest BCUT2D eigenvalue weighted by Gasteiger charge is -2.23. The van der Waals surface area contributed by atoms with Gasteiger partial charge < -0.3 is 15.0 Å². The summed E-state index contributed by atoms with van der Waals surface area (Å²) >= 11 is 1.56. The van der Waals surface area contributed by atoms with E-state index in [1.165, 1.54) is 5.56 Å².